The van der Waals surface area contributed by atoms with Crippen LogP contribution < -0.4 is 10.6 Å². The molecule has 5 rings (SSSR count). The maximum Gasteiger partial charge on any atom is 0.227 e. The molecule has 0 bridgehead atoms. The number of nitrogens with zero attached hydrogens (tertiary/aromatic N) is 4. The second-order valence-corrected chi connectivity index (χ2v) is 10.8. The molecule has 0 aliphatic carbocycles. The molecule has 8 nitrogen and oxygen atoms in total. The summed E-state index contributed by atoms with van der Waals surface area (Å²) in [5.41, 5.74) is 3.47. The maximum atomic E-state index is 11.7. The third kappa shape index (κ3) is 5.58. The van der Waals surface area contributed by atoms with E-state index in [0.717, 1.165) is 40.9 Å². The van der Waals surface area contributed by atoms with Crippen molar-refractivity contribution in [2.75, 3.05) is 43.1 Å². The standard InChI is InChI=1S/C26H28N6O2S/c1-35(33,34)22-10-8-21(9-11-22)30-26-29-18-20-5-4-6-23(25(20)31-26)19-7-12-24(28-17-19)27-13-16-32-14-2-3-15-32/h4-12,17-18H,2-3,13-16H2,1H3,(H,27,28)(H,29,30,31). The smallest absolute Gasteiger partial charge is 0.227 e. The van der Waals surface area contributed by atoms with Crippen LogP contribution in [0.15, 0.2) is 71.9 Å². The van der Waals surface area contributed by atoms with Crippen molar-refractivity contribution in [3.05, 3.63) is 67.0 Å². The summed E-state index contributed by atoms with van der Waals surface area (Å²) < 4.78 is 23.4. The van der Waals surface area contributed by atoms with Crippen LogP contribution in [0.3, 0.4) is 0 Å². The highest BCUT2D eigenvalue weighted by atomic mass is 32.2. The van der Waals surface area contributed by atoms with Crippen LogP contribution in [0.1, 0.15) is 12.8 Å². The fourth-order valence-electron chi connectivity index (χ4n) is 4.27. The second-order valence-electron chi connectivity index (χ2n) is 8.77. The van der Waals surface area contributed by atoms with E-state index in [-0.39, 0.29) is 4.90 Å². The van der Waals surface area contributed by atoms with Gasteiger partial charge in [-0.2, -0.15) is 0 Å². The molecule has 2 aromatic carbocycles. The van der Waals surface area contributed by atoms with Crippen LogP contribution in [0.4, 0.5) is 17.5 Å². The van der Waals surface area contributed by atoms with Crippen molar-refractivity contribution in [2.24, 2.45) is 0 Å². The van der Waals surface area contributed by atoms with Crippen LogP contribution in [0.25, 0.3) is 22.0 Å². The molecular formula is C26H28N6O2S. The molecule has 3 heterocycles. The van der Waals surface area contributed by atoms with Gasteiger partial charge in [0.25, 0.3) is 0 Å². The monoisotopic (exact) mass is 488 g/mol. The Labute approximate surface area is 205 Å². The zero-order valence-electron chi connectivity index (χ0n) is 19.6. The van der Waals surface area contributed by atoms with Gasteiger partial charge >= 0.3 is 0 Å². The van der Waals surface area contributed by atoms with Gasteiger partial charge in [-0.05, 0) is 62.3 Å². The number of anilines is 3. The van der Waals surface area contributed by atoms with Crippen molar-refractivity contribution < 1.29 is 8.42 Å². The minimum atomic E-state index is -3.24. The Kier molecular flexibility index (Phi) is 6.61. The van der Waals surface area contributed by atoms with E-state index in [1.165, 1.54) is 32.2 Å². The van der Waals surface area contributed by atoms with E-state index in [1.807, 2.05) is 30.5 Å². The molecule has 9 heteroatoms. The predicted octanol–water partition coefficient (Wildman–Crippen LogP) is 4.35. The number of benzene rings is 2. The number of hydrogen-bond donors (Lipinski definition) is 2. The molecule has 1 aliphatic rings. The molecule has 0 atom stereocenters. The van der Waals surface area contributed by atoms with E-state index < -0.39 is 9.84 Å². The van der Waals surface area contributed by atoms with Crippen molar-refractivity contribution in [2.45, 2.75) is 17.7 Å². The van der Waals surface area contributed by atoms with E-state index in [0.29, 0.717) is 11.6 Å². The number of rotatable bonds is 8. The van der Waals surface area contributed by atoms with Gasteiger partial charge in [0.05, 0.1) is 10.4 Å². The van der Waals surface area contributed by atoms with Gasteiger partial charge in [-0.15, -0.1) is 0 Å². The number of para-hydroxylation sites is 1. The van der Waals surface area contributed by atoms with Crippen LogP contribution >= 0.6 is 0 Å². The summed E-state index contributed by atoms with van der Waals surface area (Å²) in [7, 11) is -3.24. The first kappa shape index (κ1) is 23.2. The summed E-state index contributed by atoms with van der Waals surface area (Å²) in [5, 5.41) is 7.50. The third-order valence-electron chi connectivity index (χ3n) is 6.16. The highest BCUT2D eigenvalue weighted by Crippen LogP contribution is 2.28. The number of sulfone groups is 1. The molecule has 35 heavy (non-hydrogen) atoms. The average molecular weight is 489 g/mol. The molecule has 180 valence electrons. The predicted molar refractivity (Wildman–Crippen MR) is 140 cm³/mol. The van der Waals surface area contributed by atoms with Gasteiger partial charge in [-0.25, -0.2) is 23.4 Å². The average Bonchev–Trinajstić information content (AvgIpc) is 3.38. The fourth-order valence-corrected chi connectivity index (χ4v) is 4.90. The van der Waals surface area contributed by atoms with E-state index in [2.05, 4.69) is 31.6 Å². The fraction of sp³-hybridized carbons (Fsp3) is 0.269. The summed E-state index contributed by atoms with van der Waals surface area (Å²) in [6, 6.07) is 16.6. The Hall–Kier alpha value is -3.56. The first-order valence-electron chi connectivity index (χ1n) is 11.7. The number of aromatic nitrogens is 3. The Morgan fingerprint density at radius 1 is 0.943 bits per heavy atom. The molecule has 4 aromatic rings. The van der Waals surface area contributed by atoms with Crippen LogP contribution in [-0.4, -0.2) is 60.7 Å². The van der Waals surface area contributed by atoms with Gasteiger partial charge in [0.1, 0.15) is 5.82 Å². The number of fused-ring (bicyclic) bond motifs is 1. The van der Waals surface area contributed by atoms with E-state index >= 15 is 0 Å². The highest BCUT2D eigenvalue weighted by Gasteiger charge is 2.12. The zero-order valence-corrected chi connectivity index (χ0v) is 20.4. The van der Waals surface area contributed by atoms with Gasteiger partial charge in [0, 0.05) is 53.9 Å². The molecule has 1 fully saturated rings. The Bertz CT molecular complexity index is 1420. The molecule has 0 radical (unpaired) electrons. The van der Waals surface area contributed by atoms with Gasteiger partial charge < -0.3 is 15.5 Å². The van der Waals surface area contributed by atoms with Crippen molar-refractivity contribution in [3.8, 4) is 11.1 Å². The topological polar surface area (TPSA) is 100 Å². The summed E-state index contributed by atoms with van der Waals surface area (Å²) in [5.74, 6) is 1.30. The number of hydrogen-bond acceptors (Lipinski definition) is 8. The summed E-state index contributed by atoms with van der Waals surface area (Å²) >= 11 is 0. The minimum Gasteiger partial charge on any atom is -0.369 e. The van der Waals surface area contributed by atoms with Gasteiger partial charge in [-0.1, -0.05) is 18.2 Å². The lowest BCUT2D eigenvalue weighted by Crippen LogP contribution is -2.26. The minimum absolute atomic E-state index is 0.270. The molecule has 1 saturated heterocycles. The molecule has 2 N–H and O–H groups in total. The van der Waals surface area contributed by atoms with Gasteiger partial charge in [0.2, 0.25) is 5.95 Å². The number of pyridine rings is 1. The first-order chi connectivity index (χ1) is 17.0. The lowest BCUT2D eigenvalue weighted by atomic mass is 10.0. The Balaban J connectivity index is 1.33. The molecule has 1 aliphatic heterocycles. The molecule has 0 unspecified atom stereocenters. The quantitative estimate of drug-likeness (QED) is 0.378. The summed E-state index contributed by atoms with van der Waals surface area (Å²) in [6.07, 6.45) is 7.44. The van der Waals surface area contributed by atoms with Gasteiger partial charge in [0.15, 0.2) is 9.84 Å². The first-order valence-corrected chi connectivity index (χ1v) is 13.6. The lowest BCUT2D eigenvalue weighted by Gasteiger charge is -2.15. The van der Waals surface area contributed by atoms with Crippen molar-refractivity contribution in [1.82, 2.24) is 19.9 Å². The number of nitrogens with one attached hydrogen (secondary N) is 2. The van der Waals surface area contributed by atoms with E-state index in [1.54, 1.807) is 30.5 Å². The summed E-state index contributed by atoms with van der Waals surface area (Å²) in [6.45, 7) is 4.31. The van der Waals surface area contributed by atoms with Crippen LogP contribution in [0.5, 0.6) is 0 Å². The van der Waals surface area contributed by atoms with Crippen molar-refractivity contribution >= 4 is 38.2 Å². The van der Waals surface area contributed by atoms with E-state index in [4.69, 9.17) is 4.98 Å². The summed E-state index contributed by atoms with van der Waals surface area (Å²) in [4.78, 5) is 16.5. The molecule has 0 amide bonds. The SMILES string of the molecule is CS(=O)(=O)c1ccc(Nc2ncc3cccc(-c4ccc(NCCN5CCCC5)nc4)c3n2)cc1. The molecular weight excluding hydrogens is 460 g/mol. The lowest BCUT2D eigenvalue weighted by molar-refractivity contribution is 0.352. The maximum absolute atomic E-state index is 11.7. The largest absolute Gasteiger partial charge is 0.369 e. The van der Waals surface area contributed by atoms with E-state index in [9.17, 15) is 8.42 Å². The van der Waals surface area contributed by atoms with Crippen molar-refractivity contribution in [1.29, 1.82) is 0 Å². The van der Waals surface area contributed by atoms with Crippen LogP contribution in [0.2, 0.25) is 0 Å². The second kappa shape index (κ2) is 9.97. The molecule has 0 spiro atoms. The third-order valence-corrected chi connectivity index (χ3v) is 7.29. The van der Waals surface area contributed by atoms with Gasteiger partial charge in [-0.3, -0.25) is 0 Å². The Morgan fingerprint density at radius 2 is 1.74 bits per heavy atom. The normalized spacial score (nSPS) is 14.3. The molecule has 0 saturated carbocycles. The van der Waals surface area contributed by atoms with Crippen LogP contribution in [-0.2, 0) is 9.84 Å². The highest BCUT2D eigenvalue weighted by molar-refractivity contribution is 7.90. The Morgan fingerprint density at radius 3 is 2.46 bits per heavy atom. The molecule has 2 aromatic heterocycles. The zero-order chi connectivity index (χ0) is 24.3. The van der Waals surface area contributed by atoms with Crippen LogP contribution in [0, 0.1) is 0 Å². The number of likely N-dealkylation sites (tertiary alicyclic amines) is 1. The van der Waals surface area contributed by atoms with Crippen molar-refractivity contribution in [3.63, 3.8) is 0 Å².